The number of amides is 1. The normalized spacial score (nSPS) is 17.4. The molecule has 1 atom stereocenters. The van der Waals surface area contributed by atoms with Gasteiger partial charge in [-0.1, -0.05) is 18.2 Å². The maximum absolute atomic E-state index is 12.5. The van der Waals surface area contributed by atoms with Crippen molar-refractivity contribution in [1.82, 2.24) is 4.98 Å². The van der Waals surface area contributed by atoms with Gasteiger partial charge in [-0.05, 0) is 32.2 Å². The van der Waals surface area contributed by atoms with Gasteiger partial charge in [0.25, 0.3) is 5.56 Å². The van der Waals surface area contributed by atoms with E-state index in [0.717, 1.165) is 10.9 Å². The topological polar surface area (TPSA) is 62.4 Å². The molecule has 122 valence electrons. The zero-order valence-corrected chi connectivity index (χ0v) is 14.1. The third-order valence-corrected chi connectivity index (χ3v) is 4.20. The standard InChI is InChI=1S/C17H19ClN2O3/c1-17(2,3)23-16(22)20-9-10(8-18)13-11-6-4-5-7-12(11)15(21)19-14(13)20/h4-7,10H,8-9H2,1-3H3,(H,19,21)/t10-/m1/s1. The number of hydrogen-bond donors (Lipinski definition) is 1. The van der Waals surface area contributed by atoms with Gasteiger partial charge >= 0.3 is 6.09 Å². The molecule has 0 saturated carbocycles. The van der Waals surface area contributed by atoms with Gasteiger partial charge < -0.3 is 9.72 Å². The highest BCUT2D eigenvalue weighted by Gasteiger charge is 2.36. The first-order valence-corrected chi connectivity index (χ1v) is 8.06. The minimum Gasteiger partial charge on any atom is -0.443 e. The summed E-state index contributed by atoms with van der Waals surface area (Å²) in [5.74, 6) is 0.817. The number of alkyl halides is 1. The third-order valence-electron chi connectivity index (χ3n) is 3.83. The van der Waals surface area contributed by atoms with Crippen LogP contribution in [0.25, 0.3) is 10.8 Å². The van der Waals surface area contributed by atoms with Crippen LogP contribution in [0.5, 0.6) is 0 Å². The number of rotatable bonds is 1. The highest BCUT2D eigenvalue weighted by atomic mass is 35.5. The molecule has 0 fully saturated rings. The SMILES string of the molecule is CC(C)(C)OC(=O)N1C[C@@H](CCl)c2c1[nH]c(=O)c1ccccc21. The summed E-state index contributed by atoms with van der Waals surface area (Å²) in [6, 6.07) is 7.36. The lowest BCUT2D eigenvalue weighted by atomic mass is 9.99. The van der Waals surface area contributed by atoms with Gasteiger partial charge in [-0.25, -0.2) is 4.79 Å². The lowest BCUT2D eigenvalue weighted by Crippen LogP contribution is -2.37. The monoisotopic (exact) mass is 334 g/mol. The summed E-state index contributed by atoms with van der Waals surface area (Å²) in [4.78, 5) is 29.1. The van der Waals surface area contributed by atoms with Gasteiger partial charge in [0.05, 0.1) is 0 Å². The van der Waals surface area contributed by atoms with Crippen molar-refractivity contribution in [3.63, 3.8) is 0 Å². The Labute approximate surface area is 139 Å². The van der Waals surface area contributed by atoms with E-state index in [4.69, 9.17) is 16.3 Å². The Morgan fingerprint density at radius 2 is 2.00 bits per heavy atom. The van der Waals surface area contributed by atoms with Crippen LogP contribution in [0.1, 0.15) is 32.3 Å². The van der Waals surface area contributed by atoms with Gasteiger partial charge in [0.15, 0.2) is 0 Å². The van der Waals surface area contributed by atoms with Gasteiger partial charge in [-0.15, -0.1) is 11.6 Å². The van der Waals surface area contributed by atoms with E-state index in [0.29, 0.717) is 23.6 Å². The van der Waals surface area contributed by atoms with Gasteiger partial charge in [0.1, 0.15) is 11.4 Å². The molecular formula is C17H19ClN2O3. The molecule has 1 amide bonds. The van der Waals surface area contributed by atoms with Crippen molar-refractivity contribution in [3.05, 3.63) is 40.2 Å². The number of anilines is 1. The van der Waals surface area contributed by atoms with E-state index in [9.17, 15) is 9.59 Å². The number of aromatic nitrogens is 1. The van der Waals surface area contributed by atoms with Crippen LogP contribution in [-0.4, -0.2) is 29.1 Å². The Morgan fingerprint density at radius 1 is 1.35 bits per heavy atom. The number of carbonyl (C=O) groups excluding carboxylic acids is 1. The number of H-pyrrole nitrogens is 1. The van der Waals surface area contributed by atoms with E-state index < -0.39 is 11.7 Å². The van der Waals surface area contributed by atoms with Crippen molar-refractivity contribution in [2.45, 2.75) is 32.3 Å². The average Bonchev–Trinajstić information content (AvgIpc) is 2.84. The molecule has 1 aromatic carbocycles. The zero-order valence-electron chi connectivity index (χ0n) is 13.4. The van der Waals surface area contributed by atoms with Gasteiger partial charge in [-0.3, -0.25) is 9.69 Å². The van der Waals surface area contributed by atoms with Crippen LogP contribution in [0, 0.1) is 0 Å². The second-order valence-electron chi connectivity index (χ2n) is 6.70. The fourth-order valence-corrected chi connectivity index (χ4v) is 3.18. The van der Waals surface area contributed by atoms with Crippen molar-refractivity contribution in [2.24, 2.45) is 0 Å². The quantitative estimate of drug-likeness (QED) is 0.810. The summed E-state index contributed by atoms with van der Waals surface area (Å²) < 4.78 is 5.45. The summed E-state index contributed by atoms with van der Waals surface area (Å²) in [7, 11) is 0. The molecular weight excluding hydrogens is 316 g/mol. The Balaban J connectivity index is 2.15. The Bertz CT molecular complexity index is 823. The number of aromatic amines is 1. The van der Waals surface area contributed by atoms with E-state index in [1.807, 2.05) is 39.0 Å². The minimum absolute atomic E-state index is 0.0408. The molecule has 2 heterocycles. The molecule has 0 bridgehead atoms. The molecule has 1 N–H and O–H groups in total. The van der Waals surface area contributed by atoms with Crippen LogP contribution in [0.3, 0.4) is 0 Å². The predicted molar refractivity (Wildman–Crippen MR) is 91.6 cm³/mol. The number of ether oxygens (including phenoxy) is 1. The lowest BCUT2D eigenvalue weighted by Gasteiger charge is -2.24. The highest BCUT2D eigenvalue weighted by Crippen LogP contribution is 2.39. The Morgan fingerprint density at radius 3 is 2.61 bits per heavy atom. The van der Waals surface area contributed by atoms with Crippen LogP contribution >= 0.6 is 11.6 Å². The fourth-order valence-electron chi connectivity index (χ4n) is 2.92. The van der Waals surface area contributed by atoms with Crippen LogP contribution in [0.15, 0.2) is 29.1 Å². The molecule has 0 aliphatic carbocycles. The molecule has 3 rings (SSSR count). The summed E-state index contributed by atoms with van der Waals surface area (Å²) in [5.41, 5.74) is 0.0807. The molecule has 6 heteroatoms. The predicted octanol–water partition coefficient (Wildman–Crippen LogP) is 3.61. The number of nitrogens with zero attached hydrogens (tertiary/aromatic N) is 1. The lowest BCUT2D eigenvalue weighted by molar-refractivity contribution is 0.0581. The number of halogens is 1. The van der Waals surface area contributed by atoms with Crippen LogP contribution in [-0.2, 0) is 4.74 Å². The summed E-state index contributed by atoms with van der Waals surface area (Å²) in [6.07, 6.45) is -0.475. The van der Waals surface area contributed by atoms with Crippen molar-refractivity contribution in [3.8, 4) is 0 Å². The fraction of sp³-hybridized carbons (Fsp3) is 0.412. The van der Waals surface area contributed by atoms with Crippen molar-refractivity contribution in [1.29, 1.82) is 0 Å². The van der Waals surface area contributed by atoms with Gasteiger partial charge in [0.2, 0.25) is 0 Å². The first kappa shape index (κ1) is 15.9. The zero-order chi connectivity index (χ0) is 16.8. The largest absolute Gasteiger partial charge is 0.443 e. The molecule has 2 aromatic rings. The molecule has 1 aromatic heterocycles. The van der Waals surface area contributed by atoms with E-state index in [1.54, 1.807) is 6.07 Å². The van der Waals surface area contributed by atoms with Crippen molar-refractivity contribution < 1.29 is 9.53 Å². The second kappa shape index (κ2) is 5.57. The molecule has 0 spiro atoms. The van der Waals surface area contributed by atoms with Crippen LogP contribution < -0.4 is 10.5 Å². The maximum Gasteiger partial charge on any atom is 0.415 e. The number of nitrogens with one attached hydrogen (secondary N) is 1. The molecule has 1 aliphatic rings. The van der Waals surface area contributed by atoms with Crippen molar-refractivity contribution >= 4 is 34.3 Å². The number of benzene rings is 1. The first-order valence-electron chi connectivity index (χ1n) is 7.53. The van der Waals surface area contributed by atoms with E-state index in [1.165, 1.54) is 4.90 Å². The van der Waals surface area contributed by atoms with Crippen LogP contribution in [0.4, 0.5) is 10.6 Å². The van der Waals surface area contributed by atoms with E-state index in [2.05, 4.69) is 4.98 Å². The van der Waals surface area contributed by atoms with E-state index in [-0.39, 0.29) is 11.5 Å². The minimum atomic E-state index is -0.604. The summed E-state index contributed by atoms with van der Waals surface area (Å²) >= 11 is 6.11. The van der Waals surface area contributed by atoms with Gasteiger partial charge in [0, 0.05) is 29.3 Å². The molecule has 0 radical (unpaired) electrons. The van der Waals surface area contributed by atoms with Crippen LogP contribution in [0.2, 0.25) is 0 Å². The summed E-state index contributed by atoms with van der Waals surface area (Å²) in [6.45, 7) is 5.83. The Hall–Kier alpha value is -2.01. The van der Waals surface area contributed by atoms with Gasteiger partial charge in [-0.2, -0.15) is 0 Å². The maximum atomic E-state index is 12.5. The molecule has 23 heavy (non-hydrogen) atoms. The van der Waals surface area contributed by atoms with Crippen molar-refractivity contribution in [2.75, 3.05) is 17.3 Å². The third kappa shape index (κ3) is 2.81. The smallest absolute Gasteiger partial charge is 0.415 e. The Kier molecular flexibility index (Phi) is 3.84. The second-order valence-corrected chi connectivity index (χ2v) is 7.01. The molecule has 5 nitrogen and oxygen atoms in total. The average molecular weight is 335 g/mol. The number of hydrogen-bond acceptors (Lipinski definition) is 3. The number of pyridine rings is 1. The molecule has 0 saturated heterocycles. The number of carbonyl (C=O) groups is 1. The molecule has 1 aliphatic heterocycles. The summed E-state index contributed by atoms with van der Waals surface area (Å²) in [5, 5.41) is 1.44. The molecule has 0 unspecified atom stereocenters. The first-order chi connectivity index (χ1) is 10.8. The highest BCUT2D eigenvalue weighted by molar-refractivity contribution is 6.19. The van der Waals surface area contributed by atoms with E-state index >= 15 is 0 Å². The number of fused-ring (bicyclic) bond motifs is 3.